The van der Waals surface area contributed by atoms with E-state index in [1.54, 1.807) is 20.0 Å². The van der Waals surface area contributed by atoms with Gasteiger partial charge in [-0.25, -0.2) is 18.2 Å². The van der Waals surface area contributed by atoms with E-state index < -0.39 is 29.8 Å². The van der Waals surface area contributed by atoms with Gasteiger partial charge in [-0.2, -0.15) is 5.10 Å². The van der Waals surface area contributed by atoms with Gasteiger partial charge < -0.3 is 21.0 Å². The van der Waals surface area contributed by atoms with E-state index in [1.165, 1.54) is 18.5 Å². The van der Waals surface area contributed by atoms with E-state index in [9.17, 15) is 18.3 Å². The molecule has 1 aromatic carbocycles. The molecule has 1 aliphatic rings. The van der Waals surface area contributed by atoms with Crippen molar-refractivity contribution in [3.8, 4) is 0 Å². The Morgan fingerprint density at radius 3 is 2.78 bits per heavy atom. The first-order valence-electron chi connectivity index (χ1n) is 7.93. The maximum Gasteiger partial charge on any atom is 0.266 e. The van der Waals surface area contributed by atoms with Crippen LogP contribution >= 0.6 is 0 Å². The van der Waals surface area contributed by atoms with Crippen LogP contribution in [-0.2, 0) is 4.74 Å². The smallest absolute Gasteiger partial charge is 0.266 e. The highest BCUT2D eigenvalue weighted by Crippen LogP contribution is 2.26. The predicted octanol–water partition coefficient (Wildman–Crippen LogP) is 2.41. The summed E-state index contributed by atoms with van der Waals surface area (Å²) in [6, 6.07) is 3.11. The molecule has 0 amide bonds. The molecule has 0 saturated carbocycles. The predicted molar refractivity (Wildman–Crippen MR) is 96.9 cm³/mol. The number of hydrogen-bond acceptors (Lipinski definition) is 7. The minimum absolute atomic E-state index is 0.0659. The number of alkyl halides is 2. The number of hydrazone groups is 1. The van der Waals surface area contributed by atoms with Crippen molar-refractivity contribution in [3.05, 3.63) is 41.4 Å². The zero-order valence-electron chi connectivity index (χ0n) is 14.7. The lowest BCUT2D eigenvalue weighted by molar-refractivity contribution is 0.0699. The molecule has 0 aromatic heterocycles. The Balaban J connectivity index is 1.94. The second-order valence-corrected chi connectivity index (χ2v) is 6.15. The first-order chi connectivity index (χ1) is 12.7. The van der Waals surface area contributed by atoms with Crippen LogP contribution in [0.2, 0.25) is 0 Å². The van der Waals surface area contributed by atoms with Crippen molar-refractivity contribution in [1.29, 1.82) is 0 Å². The fourth-order valence-electron chi connectivity index (χ4n) is 2.01. The van der Waals surface area contributed by atoms with Gasteiger partial charge in [-0.1, -0.05) is 0 Å². The number of halogens is 3. The van der Waals surface area contributed by atoms with Crippen LogP contribution in [0.1, 0.15) is 25.8 Å². The Bertz CT molecular complexity index is 785. The van der Waals surface area contributed by atoms with Crippen LogP contribution in [0.3, 0.4) is 0 Å². The lowest BCUT2D eigenvalue weighted by Crippen LogP contribution is -2.35. The number of aliphatic imine (C=N–C) groups is 2. The number of nitrogens with one attached hydrogen (secondary N) is 1. The minimum atomic E-state index is -2.94. The van der Waals surface area contributed by atoms with Crippen molar-refractivity contribution < 1.29 is 23.0 Å². The molecule has 0 bridgehead atoms. The summed E-state index contributed by atoms with van der Waals surface area (Å²) in [6.45, 7) is 3.18. The second-order valence-electron chi connectivity index (χ2n) is 6.15. The number of hydrogen-bond donors (Lipinski definition) is 3. The molecule has 1 aliphatic heterocycles. The maximum absolute atomic E-state index is 13.3. The minimum Gasteiger partial charge on any atom is -0.386 e. The molecule has 4 N–H and O–H groups in total. The number of benzene rings is 1. The van der Waals surface area contributed by atoms with Crippen molar-refractivity contribution >= 4 is 23.8 Å². The molecule has 0 spiro atoms. The van der Waals surface area contributed by atoms with Crippen molar-refractivity contribution in [2.24, 2.45) is 20.9 Å². The Hall–Kier alpha value is -2.72. The summed E-state index contributed by atoms with van der Waals surface area (Å²) >= 11 is 0. The molecule has 1 atom stereocenters. The standard InChI is InChI=1S/C17H20F3N5O2/c1-17(2,26)10-6-23-16(24-7-10)27-9-12(25-21)8-22-11-3-4-14(18)13(5-11)15(19)20/h3-8,15-16,23,26H,9,21H2,1-2H3. The second kappa shape index (κ2) is 8.78. The average molecular weight is 383 g/mol. The van der Waals surface area contributed by atoms with Gasteiger partial charge in [0.05, 0.1) is 29.7 Å². The molecule has 10 heteroatoms. The Morgan fingerprint density at radius 1 is 1.48 bits per heavy atom. The molecular formula is C17H20F3N5O2. The first-order valence-corrected chi connectivity index (χ1v) is 7.93. The Kier molecular flexibility index (Phi) is 6.70. The zero-order valence-corrected chi connectivity index (χ0v) is 14.7. The van der Waals surface area contributed by atoms with Crippen molar-refractivity contribution in [2.45, 2.75) is 32.2 Å². The topological polar surface area (TPSA) is 105 Å². The van der Waals surface area contributed by atoms with Gasteiger partial charge in [-0.05, 0) is 32.0 Å². The number of rotatable bonds is 7. The molecule has 1 unspecified atom stereocenters. The van der Waals surface area contributed by atoms with Crippen molar-refractivity contribution in [3.63, 3.8) is 0 Å². The quantitative estimate of drug-likeness (QED) is 0.382. The number of aliphatic hydroxyl groups is 1. The lowest BCUT2D eigenvalue weighted by atomic mass is 10.00. The molecule has 7 nitrogen and oxygen atoms in total. The van der Waals surface area contributed by atoms with Crippen LogP contribution in [0, 0.1) is 5.82 Å². The Labute approximate surface area is 154 Å². The van der Waals surface area contributed by atoms with E-state index in [0.717, 1.165) is 12.1 Å². The van der Waals surface area contributed by atoms with Crippen molar-refractivity contribution in [2.75, 3.05) is 6.61 Å². The fourth-order valence-corrected chi connectivity index (χ4v) is 2.01. The van der Waals surface area contributed by atoms with Crippen LogP contribution in [0.15, 0.2) is 45.1 Å². The van der Waals surface area contributed by atoms with Crippen LogP contribution in [0.5, 0.6) is 0 Å². The van der Waals surface area contributed by atoms with E-state index in [-0.39, 0.29) is 18.0 Å². The van der Waals surface area contributed by atoms with E-state index in [0.29, 0.717) is 5.57 Å². The van der Waals surface area contributed by atoms with Gasteiger partial charge in [0.15, 0.2) is 0 Å². The summed E-state index contributed by atoms with van der Waals surface area (Å²) in [5.41, 5.74) is -0.846. The highest BCUT2D eigenvalue weighted by molar-refractivity contribution is 6.31. The fraction of sp³-hybridized carbons (Fsp3) is 0.353. The van der Waals surface area contributed by atoms with Crippen LogP contribution in [0.4, 0.5) is 18.9 Å². The van der Waals surface area contributed by atoms with Gasteiger partial charge in [-0.15, -0.1) is 0 Å². The SMILES string of the molecule is CC(C)(O)C1=CNC(OCC(C=Nc2ccc(F)c(C(F)F)c2)=NN)N=C1. The molecule has 0 aliphatic carbocycles. The molecule has 0 radical (unpaired) electrons. The summed E-state index contributed by atoms with van der Waals surface area (Å²) in [7, 11) is 0. The summed E-state index contributed by atoms with van der Waals surface area (Å²) < 4.78 is 44.1. The third-order valence-electron chi connectivity index (χ3n) is 3.57. The summed E-state index contributed by atoms with van der Waals surface area (Å²) in [6.07, 6.45) is 0.641. The third kappa shape index (κ3) is 5.90. The molecule has 146 valence electrons. The van der Waals surface area contributed by atoms with Gasteiger partial charge in [0.25, 0.3) is 6.43 Å². The average Bonchev–Trinajstić information content (AvgIpc) is 2.62. The normalized spacial score (nSPS) is 18.1. The highest BCUT2D eigenvalue weighted by Gasteiger charge is 2.21. The monoisotopic (exact) mass is 383 g/mol. The summed E-state index contributed by atoms with van der Waals surface area (Å²) in [4.78, 5) is 8.04. The van der Waals surface area contributed by atoms with Gasteiger partial charge in [0, 0.05) is 18.0 Å². The zero-order chi connectivity index (χ0) is 20.0. The van der Waals surface area contributed by atoms with Gasteiger partial charge in [-0.3, -0.25) is 4.99 Å². The van der Waals surface area contributed by atoms with E-state index >= 15 is 0 Å². The number of nitrogens with two attached hydrogens (primary N) is 1. The largest absolute Gasteiger partial charge is 0.386 e. The number of nitrogens with zero attached hydrogens (tertiary/aromatic N) is 3. The molecule has 0 fully saturated rings. The summed E-state index contributed by atoms with van der Waals surface area (Å²) in [5, 5.41) is 16.2. The molecule has 1 heterocycles. The van der Waals surface area contributed by atoms with E-state index in [2.05, 4.69) is 20.4 Å². The van der Waals surface area contributed by atoms with Gasteiger partial charge >= 0.3 is 0 Å². The van der Waals surface area contributed by atoms with E-state index in [1.807, 2.05) is 0 Å². The maximum atomic E-state index is 13.3. The number of ether oxygens (including phenoxy) is 1. The molecule has 0 saturated heterocycles. The third-order valence-corrected chi connectivity index (χ3v) is 3.57. The molecule has 1 aromatic rings. The van der Waals surface area contributed by atoms with Gasteiger partial charge in [0.1, 0.15) is 11.5 Å². The highest BCUT2D eigenvalue weighted by atomic mass is 19.3. The van der Waals surface area contributed by atoms with E-state index in [4.69, 9.17) is 10.6 Å². The van der Waals surface area contributed by atoms with Crippen LogP contribution < -0.4 is 11.2 Å². The van der Waals surface area contributed by atoms with Crippen molar-refractivity contribution in [1.82, 2.24) is 5.32 Å². The van der Waals surface area contributed by atoms with Crippen LogP contribution in [-0.4, -0.2) is 41.8 Å². The Morgan fingerprint density at radius 2 is 2.22 bits per heavy atom. The molecular weight excluding hydrogens is 363 g/mol. The molecule has 27 heavy (non-hydrogen) atoms. The van der Waals surface area contributed by atoms with Gasteiger partial charge in [0.2, 0.25) is 6.35 Å². The first kappa shape index (κ1) is 20.6. The lowest BCUT2D eigenvalue weighted by Gasteiger charge is -2.24. The van der Waals surface area contributed by atoms with Crippen LogP contribution in [0.25, 0.3) is 0 Å². The molecule has 2 rings (SSSR count). The summed E-state index contributed by atoms with van der Waals surface area (Å²) in [5.74, 6) is 4.27.